The molecule has 0 saturated carbocycles. The van der Waals surface area contributed by atoms with Gasteiger partial charge in [0, 0.05) is 25.9 Å². The van der Waals surface area contributed by atoms with Gasteiger partial charge in [0.1, 0.15) is 11.3 Å². The Balaban J connectivity index is 1.92. The first-order valence-corrected chi connectivity index (χ1v) is 6.50. The summed E-state index contributed by atoms with van der Waals surface area (Å²) in [5.41, 5.74) is -0.0459. The van der Waals surface area contributed by atoms with Gasteiger partial charge in [-0.05, 0) is 12.1 Å². The molecule has 0 unspecified atom stereocenters. The van der Waals surface area contributed by atoms with Crippen LogP contribution in [0.5, 0.6) is 5.75 Å². The Labute approximate surface area is 120 Å². The van der Waals surface area contributed by atoms with Crippen LogP contribution in [0.3, 0.4) is 0 Å². The van der Waals surface area contributed by atoms with Gasteiger partial charge in [-0.3, -0.25) is 4.79 Å². The van der Waals surface area contributed by atoms with E-state index in [1.165, 1.54) is 17.0 Å². The molecule has 1 fully saturated rings. The zero-order valence-electron chi connectivity index (χ0n) is 11.2. The van der Waals surface area contributed by atoms with E-state index in [0.29, 0.717) is 0 Å². The smallest absolute Gasteiger partial charge is 0.339 e. The van der Waals surface area contributed by atoms with Crippen molar-refractivity contribution in [3.05, 3.63) is 29.8 Å². The average Bonchev–Trinajstić information content (AvgIpc) is 2.45. The van der Waals surface area contributed by atoms with Crippen molar-refractivity contribution >= 4 is 11.9 Å². The number of carbonyl (C=O) groups is 2. The van der Waals surface area contributed by atoms with E-state index < -0.39 is 17.8 Å². The summed E-state index contributed by atoms with van der Waals surface area (Å²) in [7, 11) is 0. The van der Waals surface area contributed by atoms with Crippen LogP contribution in [0.4, 0.5) is 8.78 Å². The van der Waals surface area contributed by atoms with E-state index in [-0.39, 0.29) is 43.9 Å². The lowest BCUT2D eigenvalue weighted by Crippen LogP contribution is -2.44. The SMILES string of the molecule is O=C(O)c1ccccc1OCC(=O)N1CCC(F)(F)CC1. The van der Waals surface area contributed by atoms with E-state index in [9.17, 15) is 18.4 Å². The Bertz CT molecular complexity index is 538. The minimum atomic E-state index is -2.71. The van der Waals surface area contributed by atoms with Crippen LogP contribution < -0.4 is 4.74 Å². The average molecular weight is 299 g/mol. The van der Waals surface area contributed by atoms with Gasteiger partial charge in [0.05, 0.1) is 0 Å². The molecule has 0 spiro atoms. The Kier molecular flexibility index (Phi) is 4.40. The van der Waals surface area contributed by atoms with Gasteiger partial charge in [0.25, 0.3) is 11.8 Å². The molecule has 114 valence electrons. The number of amides is 1. The molecule has 21 heavy (non-hydrogen) atoms. The predicted molar refractivity (Wildman–Crippen MR) is 69.7 cm³/mol. The first-order chi connectivity index (χ1) is 9.89. The number of carboxylic acids is 1. The minimum Gasteiger partial charge on any atom is -0.483 e. The highest BCUT2D eigenvalue weighted by atomic mass is 19.3. The molecule has 1 aromatic carbocycles. The summed E-state index contributed by atoms with van der Waals surface area (Å²) in [5.74, 6) is -4.21. The number of piperidine rings is 1. The highest BCUT2D eigenvalue weighted by Crippen LogP contribution is 2.27. The molecule has 1 amide bonds. The topological polar surface area (TPSA) is 66.8 Å². The lowest BCUT2D eigenvalue weighted by Gasteiger charge is -2.31. The number of hydrogen-bond acceptors (Lipinski definition) is 3. The second-order valence-corrected chi connectivity index (χ2v) is 4.83. The third-order valence-electron chi connectivity index (χ3n) is 3.32. The molecule has 1 N–H and O–H groups in total. The van der Waals surface area contributed by atoms with Crippen molar-refractivity contribution in [1.29, 1.82) is 0 Å². The van der Waals surface area contributed by atoms with Crippen LogP contribution in [0.15, 0.2) is 24.3 Å². The number of likely N-dealkylation sites (tertiary alicyclic amines) is 1. The summed E-state index contributed by atoms with van der Waals surface area (Å²) in [4.78, 5) is 24.2. The van der Waals surface area contributed by atoms with Crippen molar-refractivity contribution in [2.45, 2.75) is 18.8 Å². The summed E-state index contributed by atoms with van der Waals surface area (Å²) >= 11 is 0. The van der Waals surface area contributed by atoms with Gasteiger partial charge in [-0.25, -0.2) is 13.6 Å². The van der Waals surface area contributed by atoms with Gasteiger partial charge in [-0.15, -0.1) is 0 Å². The van der Waals surface area contributed by atoms with Gasteiger partial charge >= 0.3 is 5.97 Å². The van der Waals surface area contributed by atoms with Crippen LogP contribution in [-0.2, 0) is 4.79 Å². The Morgan fingerprint density at radius 3 is 2.48 bits per heavy atom. The molecule has 0 bridgehead atoms. The Hall–Kier alpha value is -2.18. The summed E-state index contributed by atoms with van der Waals surface area (Å²) in [6.07, 6.45) is -0.713. The lowest BCUT2D eigenvalue weighted by molar-refractivity contribution is -0.139. The molecule has 1 heterocycles. The van der Waals surface area contributed by atoms with Crippen molar-refractivity contribution in [3.63, 3.8) is 0 Å². The maximum Gasteiger partial charge on any atom is 0.339 e. The molecule has 0 aliphatic carbocycles. The molecular formula is C14H15F2NO4. The Morgan fingerprint density at radius 2 is 1.86 bits per heavy atom. The number of alkyl halides is 2. The van der Waals surface area contributed by atoms with Crippen molar-refractivity contribution in [2.24, 2.45) is 0 Å². The van der Waals surface area contributed by atoms with Crippen molar-refractivity contribution in [3.8, 4) is 5.75 Å². The first kappa shape index (κ1) is 15.2. The molecular weight excluding hydrogens is 284 g/mol. The second-order valence-electron chi connectivity index (χ2n) is 4.83. The maximum absolute atomic E-state index is 13.0. The van der Waals surface area contributed by atoms with Crippen LogP contribution in [0.25, 0.3) is 0 Å². The Morgan fingerprint density at radius 1 is 1.24 bits per heavy atom. The molecule has 2 rings (SSSR count). The fourth-order valence-electron chi connectivity index (χ4n) is 2.08. The van der Waals surface area contributed by atoms with Crippen LogP contribution >= 0.6 is 0 Å². The number of aromatic carboxylic acids is 1. The number of rotatable bonds is 4. The van der Waals surface area contributed by atoms with Gasteiger partial charge in [-0.2, -0.15) is 0 Å². The van der Waals surface area contributed by atoms with E-state index in [1.54, 1.807) is 12.1 Å². The van der Waals surface area contributed by atoms with Crippen LogP contribution in [0.2, 0.25) is 0 Å². The largest absolute Gasteiger partial charge is 0.483 e. The molecule has 0 aromatic heterocycles. The molecule has 1 aliphatic heterocycles. The molecule has 7 heteroatoms. The van der Waals surface area contributed by atoms with Gasteiger partial charge in [0.15, 0.2) is 6.61 Å². The molecule has 0 atom stereocenters. The summed E-state index contributed by atoms with van der Waals surface area (Å²) in [6.45, 7) is -0.401. The minimum absolute atomic E-state index is 0.0181. The zero-order chi connectivity index (χ0) is 15.5. The molecule has 0 radical (unpaired) electrons. The highest BCUT2D eigenvalue weighted by molar-refractivity contribution is 5.91. The second kappa shape index (κ2) is 6.07. The van der Waals surface area contributed by atoms with Crippen LogP contribution in [0.1, 0.15) is 23.2 Å². The number of carbonyl (C=O) groups excluding carboxylic acids is 1. The number of nitrogens with zero attached hydrogens (tertiary/aromatic N) is 1. The number of halogens is 2. The fraction of sp³-hybridized carbons (Fsp3) is 0.429. The van der Waals surface area contributed by atoms with E-state index >= 15 is 0 Å². The van der Waals surface area contributed by atoms with Gasteiger partial charge in [-0.1, -0.05) is 12.1 Å². The van der Waals surface area contributed by atoms with Gasteiger partial charge in [0.2, 0.25) is 0 Å². The zero-order valence-corrected chi connectivity index (χ0v) is 11.2. The normalized spacial score (nSPS) is 17.3. The van der Waals surface area contributed by atoms with E-state index in [2.05, 4.69) is 0 Å². The number of para-hydroxylation sites is 1. The number of carboxylic acid groups (broad SMARTS) is 1. The molecule has 5 nitrogen and oxygen atoms in total. The van der Waals surface area contributed by atoms with Gasteiger partial charge < -0.3 is 14.7 Å². The monoisotopic (exact) mass is 299 g/mol. The van der Waals surface area contributed by atoms with Crippen molar-refractivity contribution < 1.29 is 28.2 Å². The summed E-state index contributed by atoms with van der Waals surface area (Å²) < 4.78 is 31.2. The third kappa shape index (κ3) is 3.90. The quantitative estimate of drug-likeness (QED) is 0.923. The molecule has 1 saturated heterocycles. The maximum atomic E-state index is 13.0. The first-order valence-electron chi connectivity index (χ1n) is 6.50. The van der Waals surface area contributed by atoms with Crippen molar-refractivity contribution in [1.82, 2.24) is 4.90 Å². The fourth-order valence-corrected chi connectivity index (χ4v) is 2.08. The van der Waals surface area contributed by atoms with Crippen LogP contribution in [-0.4, -0.2) is 47.5 Å². The molecule has 1 aromatic rings. The lowest BCUT2D eigenvalue weighted by atomic mass is 10.1. The third-order valence-corrected chi connectivity index (χ3v) is 3.32. The van der Waals surface area contributed by atoms with Crippen LogP contribution in [0, 0.1) is 0 Å². The standard InChI is InChI=1S/C14H15F2NO4/c15-14(16)5-7-17(8-6-14)12(18)9-21-11-4-2-1-3-10(11)13(19)20/h1-4H,5-9H2,(H,19,20). The van der Waals surface area contributed by atoms with E-state index in [0.717, 1.165) is 0 Å². The summed E-state index contributed by atoms with van der Waals surface area (Å²) in [6, 6.07) is 5.95. The number of benzene rings is 1. The van der Waals surface area contributed by atoms with E-state index in [4.69, 9.17) is 9.84 Å². The number of hydrogen-bond donors (Lipinski definition) is 1. The van der Waals surface area contributed by atoms with E-state index in [1.807, 2.05) is 0 Å². The molecule has 1 aliphatic rings. The predicted octanol–water partition coefficient (Wildman–Crippen LogP) is 2.02. The number of ether oxygens (including phenoxy) is 1. The summed E-state index contributed by atoms with van der Waals surface area (Å²) in [5, 5.41) is 8.98. The van der Waals surface area contributed by atoms with Crippen molar-refractivity contribution in [2.75, 3.05) is 19.7 Å². The highest BCUT2D eigenvalue weighted by Gasteiger charge is 2.35.